The van der Waals surface area contributed by atoms with Gasteiger partial charge in [0.1, 0.15) is 17.4 Å². The van der Waals surface area contributed by atoms with Gasteiger partial charge in [-0.15, -0.1) is 0 Å². The fourth-order valence-electron chi connectivity index (χ4n) is 0.674. The fourth-order valence-corrected chi connectivity index (χ4v) is 0.674. The first-order valence-corrected chi connectivity index (χ1v) is 3.19. The molecule has 12 heavy (non-hydrogen) atoms. The van der Waals surface area contributed by atoms with Crippen molar-refractivity contribution in [3.05, 3.63) is 29.7 Å². The quantitative estimate of drug-likeness (QED) is 0.512. The Hall–Kier alpha value is -2.02. The third kappa shape index (κ3) is 1.73. The molecule has 1 rings (SSSR count). The molecule has 0 aliphatic carbocycles. The van der Waals surface area contributed by atoms with Crippen LogP contribution in [-0.4, -0.2) is 5.91 Å². The van der Waals surface area contributed by atoms with Crippen LogP contribution in [-0.2, 0) is 4.79 Å². The number of nitrogens with zero attached hydrogens (tertiary/aromatic N) is 1. The van der Waals surface area contributed by atoms with Crippen LogP contribution in [0.15, 0.2) is 28.4 Å². The monoisotopic (exact) mass is 162 g/mol. The summed E-state index contributed by atoms with van der Waals surface area (Å²) in [6, 6.07) is 4.95. The van der Waals surface area contributed by atoms with Crippen molar-refractivity contribution in [3.63, 3.8) is 0 Å². The molecule has 4 heteroatoms. The number of nitriles is 1. The summed E-state index contributed by atoms with van der Waals surface area (Å²) in [6.07, 6.45) is 2.74. The van der Waals surface area contributed by atoms with E-state index < -0.39 is 5.91 Å². The van der Waals surface area contributed by atoms with E-state index in [-0.39, 0.29) is 5.57 Å². The van der Waals surface area contributed by atoms with Gasteiger partial charge in [0.25, 0.3) is 5.91 Å². The minimum atomic E-state index is -0.756. The highest BCUT2D eigenvalue weighted by Crippen LogP contribution is 2.05. The van der Waals surface area contributed by atoms with Crippen LogP contribution in [0, 0.1) is 11.3 Å². The average molecular weight is 162 g/mol. The van der Waals surface area contributed by atoms with Gasteiger partial charge in [-0.2, -0.15) is 5.26 Å². The van der Waals surface area contributed by atoms with Gasteiger partial charge in [-0.3, -0.25) is 4.79 Å². The molecule has 0 radical (unpaired) electrons. The highest BCUT2D eigenvalue weighted by atomic mass is 16.3. The lowest BCUT2D eigenvalue weighted by Gasteiger charge is -1.87. The lowest BCUT2D eigenvalue weighted by Crippen LogP contribution is -2.12. The van der Waals surface area contributed by atoms with E-state index in [9.17, 15) is 4.79 Å². The molecule has 1 amide bonds. The number of furan rings is 1. The summed E-state index contributed by atoms with van der Waals surface area (Å²) in [7, 11) is 0. The van der Waals surface area contributed by atoms with Gasteiger partial charge in [0.05, 0.1) is 6.26 Å². The number of hydrogen-bond acceptors (Lipinski definition) is 3. The Labute approximate surface area is 68.9 Å². The summed E-state index contributed by atoms with van der Waals surface area (Å²) in [5.74, 6) is -0.320. The second-order valence-electron chi connectivity index (χ2n) is 2.05. The van der Waals surface area contributed by atoms with E-state index in [1.54, 1.807) is 18.2 Å². The molecule has 0 aromatic carbocycles. The first-order chi connectivity index (χ1) is 5.74. The zero-order chi connectivity index (χ0) is 8.97. The van der Waals surface area contributed by atoms with Crippen molar-refractivity contribution in [2.24, 2.45) is 5.73 Å². The standard InChI is InChI=1S/C8H6N2O2/c9-5-6(8(10)11)4-7-2-1-3-12-7/h1-4H,(H2,10,11)/b6-4-. The van der Waals surface area contributed by atoms with E-state index in [0.717, 1.165) is 0 Å². The van der Waals surface area contributed by atoms with Gasteiger partial charge >= 0.3 is 0 Å². The van der Waals surface area contributed by atoms with Gasteiger partial charge in [0.15, 0.2) is 0 Å². The molecular weight excluding hydrogens is 156 g/mol. The third-order valence-electron chi connectivity index (χ3n) is 1.22. The van der Waals surface area contributed by atoms with Crippen LogP contribution in [0.4, 0.5) is 0 Å². The molecule has 0 aliphatic rings. The molecule has 2 N–H and O–H groups in total. The topological polar surface area (TPSA) is 80.0 Å². The van der Waals surface area contributed by atoms with Crippen LogP contribution in [0.1, 0.15) is 5.76 Å². The second kappa shape index (κ2) is 3.39. The van der Waals surface area contributed by atoms with E-state index in [4.69, 9.17) is 15.4 Å². The lowest BCUT2D eigenvalue weighted by molar-refractivity contribution is -0.114. The van der Waals surface area contributed by atoms with Gasteiger partial charge < -0.3 is 10.2 Å². The molecule has 4 nitrogen and oxygen atoms in total. The highest BCUT2D eigenvalue weighted by molar-refractivity contribution is 6.00. The van der Waals surface area contributed by atoms with E-state index in [0.29, 0.717) is 5.76 Å². The Morgan fingerprint density at radius 3 is 2.92 bits per heavy atom. The summed E-state index contributed by atoms with van der Waals surface area (Å²) < 4.78 is 4.88. The largest absolute Gasteiger partial charge is 0.465 e. The Morgan fingerprint density at radius 2 is 2.50 bits per heavy atom. The minimum absolute atomic E-state index is 0.120. The van der Waals surface area contributed by atoms with Crippen molar-refractivity contribution in [3.8, 4) is 6.07 Å². The summed E-state index contributed by atoms with van der Waals surface area (Å²) in [5, 5.41) is 8.43. The van der Waals surface area contributed by atoms with Crippen molar-refractivity contribution in [1.29, 1.82) is 5.26 Å². The van der Waals surface area contributed by atoms with Crippen LogP contribution in [0.3, 0.4) is 0 Å². The molecule has 1 heterocycles. The van der Waals surface area contributed by atoms with Crippen LogP contribution in [0.5, 0.6) is 0 Å². The molecule has 1 aromatic heterocycles. The van der Waals surface area contributed by atoms with E-state index in [1.165, 1.54) is 12.3 Å². The van der Waals surface area contributed by atoms with Crippen molar-refractivity contribution >= 4 is 12.0 Å². The van der Waals surface area contributed by atoms with E-state index >= 15 is 0 Å². The molecule has 0 aliphatic heterocycles. The molecular formula is C8H6N2O2. The molecule has 0 unspecified atom stereocenters. The Balaban J connectivity index is 2.95. The van der Waals surface area contributed by atoms with Gasteiger partial charge in [-0.1, -0.05) is 0 Å². The average Bonchev–Trinajstić information content (AvgIpc) is 2.51. The maximum Gasteiger partial charge on any atom is 0.259 e. The van der Waals surface area contributed by atoms with Crippen molar-refractivity contribution < 1.29 is 9.21 Å². The SMILES string of the molecule is N#C/C(=C/c1ccco1)C(N)=O. The number of nitrogens with two attached hydrogens (primary N) is 1. The molecule has 1 aromatic rings. The number of carbonyl (C=O) groups excluding carboxylic acids is 1. The molecule has 0 saturated carbocycles. The van der Waals surface area contributed by atoms with E-state index in [2.05, 4.69) is 0 Å². The van der Waals surface area contributed by atoms with Crippen molar-refractivity contribution in [1.82, 2.24) is 0 Å². The van der Waals surface area contributed by atoms with Crippen LogP contribution in [0.2, 0.25) is 0 Å². The summed E-state index contributed by atoms with van der Waals surface area (Å²) in [4.78, 5) is 10.5. The minimum Gasteiger partial charge on any atom is -0.465 e. The Kier molecular flexibility index (Phi) is 2.29. The highest BCUT2D eigenvalue weighted by Gasteiger charge is 2.03. The predicted octanol–water partition coefficient (Wildman–Crippen LogP) is 0.672. The molecule has 0 saturated heterocycles. The number of hydrogen-bond donors (Lipinski definition) is 1. The van der Waals surface area contributed by atoms with Gasteiger partial charge in [0, 0.05) is 6.08 Å². The predicted molar refractivity (Wildman–Crippen MR) is 41.5 cm³/mol. The molecule has 0 spiro atoms. The van der Waals surface area contributed by atoms with E-state index in [1.807, 2.05) is 0 Å². The maximum absolute atomic E-state index is 10.5. The van der Waals surface area contributed by atoms with Crippen LogP contribution < -0.4 is 5.73 Å². The lowest BCUT2D eigenvalue weighted by atomic mass is 10.2. The Bertz CT molecular complexity index is 344. The molecule has 0 fully saturated rings. The summed E-state index contributed by atoms with van der Waals surface area (Å²) >= 11 is 0. The number of carbonyl (C=O) groups is 1. The maximum atomic E-state index is 10.5. The number of amides is 1. The molecule has 0 bridgehead atoms. The fraction of sp³-hybridized carbons (Fsp3) is 0. The summed E-state index contributed by atoms with van der Waals surface area (Å²) in [6.45, 7) is 0. The van der Waals surface area contributed by atoms with Crippen molar-refractivity contribution in [2.45, 2.75) is 0 Å². The smallest absolute Gasteiger partial charge is 0.259 e. The van der Waals surface area contributed by atoms with Crippen LogP contribution in [0.25, 0.3) is 6.08 Å². The Morgan fingerprint density at radius 1 is 1.75 bits per heavy atom. The summed E-state index contributed by atoms with van der Waals surface area (Å²) in [5.41, 5.74) is 4.77. The number of rotatable bonds is 2. The second-order valence-corrected chi connectivity index (χ2v) is 2.05. The van der Waals surface area contributed by atoms with Gasteiger partial charge in [-0.25, -0.2) is 0 Å². The van der Waals surface area contributed by atoms with Crippen molar-refractivity contribution in [2.75, 3.05) is 0 Å². The molecule has 0 atom stereocenters. The molecule has 60 valence electrons. The third-order valence-corrected chi connectivity index (χ3v) is 1.22. The zero-order valence-electron chi connectivity index (χ0n) is 6.15. The van der Waals surface area contributed by atoms with Crippen LogP contribution >= 0.6 is 0 Å². The van der Waals surface area contributed by atoms with Gasteiger partial charge in [0.2, 0.25) is 0 Å². The number of primary amides is 1. The normalized spacial score (nSPS) is 10.8. The van der Waals surface area contributed by atoms with Gasteiger partial charge in [-0.05, 0) is 12.1 Å². The first-order valence-electron chi connectivity index (χ1n) is 3.19. The zero-order valence-corrected chi connectivity index (χ0v) is 6.15. The first kappa shape index (κ1) is 8.08.